The van der Waals surface area contributed by atoms with Crippen molar-refractivity contribution in [3.05, 3.63) is 58.1 Å². The quantitative estimate of drug-likeness (QED) is 0.665. The van der Waals surface area contributed by atoms with E-state index in [0.29, 0.717) is 11.2 Å². The van der Waals surface area contributed by atoms with Gasteiger partial charge in [0.05, 0.1) is 0 Å². The maximum atomic E-state index is 2.60. The summed E-state index contributed by atoms with van der Waals surface area (Å²) >= 11 is 2.05. The third-order valence-corrected chi connectivity index (χ3v) is 6.44. The van der Waals surface area contributed by atoms with Gasteiger partial charge < -0.3 is 0 Å². The Kier molecular flexibility index (Phi) is 4.13. The number of hydrogen-bond donors (Lipinski definition) is 0. The second-order valence-corrected chi connectivity index (χ2v) is 9.59. The summed E-state index contributed by atoms with van der Waals surface area (Å²) in [4.78, 5) is 1.48. The van der Waals surface area contributed by atoms with Crippen LogP contribution in [0.2, 0.25) is 13.1 Å². The Morgan fingerprint density at radius 3 is 2.90 bits per heavy atom. The topological polar surface area (TPSA) is 0 Å². The molecule has 0 fully saturated rings. The van der Waals surface area contributed by atoms with E-state index >= 15 is 0 Å². The SMILES string of the molecule is CCCC1=CC(C2=C3C=CC=C3SC2C=[Si](C)C)C=C1. The zero-order valence-electron chi connectivity index (χ0n) is 12.5. The average Bonchev–Trinajstić information content (AvgIpc) is 3.04. The average molecular weight is 299 g/mol. The molecule has 0 aromatic heterocycles. The Bertz CT molecular complexity index is 595. The van der Waals surface area contributed by atoms with Crippen LogP contribution in [0.5, 0.6) is 0 Å². The lowest BCUT2D eigenvalue weighted by Crippen LogP contribution is -2.15. The van der Waals surface area contributed by atoms with Gasteiger partial charge in [-0.3, -0.25) is 0 Å². The Hall–Kier alpha value is -0.863. The largest absolute Gasteiger partial charge is 0.114 e. The molecular weight excluding hydrogens is 276 g/mol. The van der Waals surface area contributed by atoms with Gasteiger partial charge in [-0.05, 0) is 23.6 Å². The van der Waals surface area contributed by atoms with Gasteiger partial charge in [-0.2, -0.15) is 0 Å². The minimum Gasteiger partial charge on any atom is -0.114 e. The summed E-state index contributed by atoms with van der Waals surface area (Å²) in [6.45, 7) is 7.03. The Balaban J connectivity index is 1.95. The van der Waals surface area contributed by atoms with Gasteiger partial charge in [0, 0.05) is 24.5 Å². The summed E-state index contributed by atoms with van der Waals surface area (Å²) in [5.74, 6) is 0.523. The molecule has 0 bridgehead atoms. The minimum absolute atomic E-state index is 0.309. The molecule has 0 saturated heterocycles. The first-order valence-corrected chi connectivity index (χ1v) is 11.0. The molecule has 0 spiro atoms. The molecule has 104 valence electrons. The Morgan fingerprint density at radius 2 is 2.15 bits per heavy atom. The number of thioether (sulfide) groups is 1. The first-order valence-electron chi connectivity index (χ1n) is 7.52. The summed E-state index contributed by atoms with van der Waals surface area (Å²) in [5.41, 5.74) is 7.25. The predicted molar refractivity (Wildman–Crippen MR) is 94.8 cm³/mol. The number of allylic oxidation sites excluding steroid dienone is 8. The summed E-state index contributed by atoms with van der Waals surface area (Å²) in [5, 5.41) is 0.594. The second-order valence-electron chi connectivity index (χ2n) is 5.92. The van der Waals surface area contributed by atoms with Gasteiger partial charge in [-0.15, -0.1) is 11.8 Å². The molecule has 0 radical (unpaired) electrons. The van der Waals surface area contributed by atoms with Gasteiger partial charge in [-0.25, -0.2) is 0 Å². The smallest absolute Gasteiger partial charge is 0.0463 e. The van der Waals surface area contributed by atoms with Crippen molar-refractivity contribution in [3.8, 4) is 0 Å². The predicted octanol–water partition coefficient (Wildman–Crippen LogP) is 4.90. The van der Waals surface area contributed by atoms with Crippen LogP contribution in [-0.4, -0.2) is 19.3 Å². The zero-order valence-corrected chi connectivity index (χ0v) is 14.3. The molecule has 0 aromatic carbocycles. The van der Waals surface area contributed by atoms with Crippen molar-refractivity contribution in [2.24, 2.45) is 5.92 Å². The molecule has 20 heavy (non-hydrogen) atoms. The standard InChI is InChI=1S/C18H22SSi/c1-4-6-13-9-10-14(11-13)18-15-7-5-8-16(15)19-17(18)12-20(2)3/h5,7-12,14,17H,4,6H2,1-3H3. The molecule has 2 atom stereocenters. The molecule has 3 rings (SSSR count). The summed E-state index contributed by atoms with van der Waals surface area (Å²) < 4.78 is 0. The van der Waals surface area contributed by atoms with Crippen molar-refractivity contribution < 1.29 is 0 Å². The van der Waals surface area contributed by atoms with Crippen LogP contribution in [0.4, 0.5) is 0 Å². The molecule has 0 nitrogen and oxygen atoms in total. The van der Waals surface area contributed by atoms with Crippen LogP contribution in [0.1, 0.15) is 19.8 Å². The van der Waals surface area contributed by atoms with Gasteiger partial charge in [0.1, 0.15) is 0 Å². The maximum absolute atomic E-state index is 2.60. The number of fused-ring (bicyclic) bond motifs is 1. The molecule has 0 aromatic rings. The van der Waals surface area contributed by atoms with Gasteiger partial charge in [-0.1, -0.05) is 68.1 Å². The van der Waals surface area contributed by atoms with Crippen LogP contribution in [0, 0.1) is 5.92 Å². The third-order valence-electron chi connectivity index (χ3n) is 3.94. The summed E-state index contributed by atoms with van der Waals surface area (Å²) in [7, 11) is -0.309. The molecule has 0 amide bonds. The Morgan fingerprint density at radius 1 is 1.30 bits per heavy atom. The van der Waals surface area contributed by atoms with Crippen molar-refractivity contribution in [2.45, 2.75) is 38.1 Å². The lowest BCUT2D eigenvalue weighted by atomic mass is 9.93. The van der Waals surface area contributed by atoms with Gasteiger partial charge in [0.25, 0.3) is 0 Å². The summed E-state index contributed by atoms with van der Waals surface area (Å²) in [6, 6.07) is 0. The molecule has 2 heteroatoms. The van der Waals surface area contributed by atoms with E-state index < -0.39 is 0 Å². The molecule has 1 heterocycles. The highest BCUT2D eigenvalue weighted by Gasteiger charge is 2.32. The first kappa shape index (κ1) is 14.1. The van der Waals surface area contributed by atoms with Crippen LogP contribution >= 0.6 is 11.8 Å². The van der Waals surface area contributed by atoms with Crippen LogP contribution < -0.4 is 0 Å². The van der Waals surface area contributed by atoms with Crippen molar-refractivity contribution in [2.75, 3.05) is 0 Å². The van der Waals surface area contributed by atoms with Gasteiger partial charge in [0.15, 0.2) is 0 Å². The fourth-order valence-electron chi connectivity index (χ4n) is 3.11. The molecule has 1 aliphatic heterocycles. The second kappa shape index (κ2) is 5.86. The summed E-state index contributed by atoms with van der Waals surface area (Å²) in [6.07, 6.45) is 16.5. The zero-order chi connectivity index (χ0) is 14.1. The first-order chi connectivity index (χ1) is 9.69. The fourth-order valence-corrected chi connectivity index (χ4v) is 6.14. The maximum Gasteiger partial charge on any atom is 0.0463 e. The van der Waals surface area contributed by atoms with Gasteiger partial charge in [0.2, 0.25) is 0 Å². The molecule has 3 aliphatic rings. The van der Waals surface area contributed by atoms with E-state index in [9.17, 15) is 0 Å². The highest BCUT2D eigenvalue weighted by atomic mass is 32.2. The van der Waals surface area contributed by atoms with Crippen molar-refractivity contribution >= 4 is 25.8 Å². The van der Waals surface area contributed by atoms with E-state index in [1.807, 2.05) is 0 Å². The number of hydrogen-bond acceptors (Lipinski definition) is 1. The minimum atomic E-state index is -0.309. The van der Waals surface area contributed by atoms with E-state index in [4.69, 9.17) is 0 Å². The Labute approximate surface area is 128 Å². The molecule has 0 N–H and O–H groups in total. The van der Waals surface area contributed by atoms with Crippen molar-refractivity contribution in [1.82, 2.24) is 0 Å². The van der Waals surface area contributed by atoms with E-state index in [2.05, 4.69) is 73.9 Å². The van der Waals surface area contributed by atoms with Crippen LogP contribution in [0.25, 0.3) is 0 Å². The highest BCUT2D eigenvalue weighted by molar-refractivity contribution is 8.05. The fraction of sp³-hybridized carbons (Fsp3) is 0.389. The lowest BCUT2D eigenvalue weighted by Gasteiger charge is -2.15. The van der Waals surface area contributed by atoms with Crippen LogP contribution in [0.3, 0.4) is 0 Å². The van der Waals surface area contributed by atoms with E-state index in [-0.39, 0.29) is 8.41 Å². The number of rotatable bonds is 4. The van der Waals surface area contributed by atoms with E-state index in [0.717, 1.165) is 0 Å². The monoisotopic (exact) mass is 298 g/mol. The van der Waals surface area contributed by atoms with Crippen molar-refractivity contribution in [3.63, 3.8) is 0 Å². The molecule has 0 saturated carbocycles. The normalized spacial score (nSPS) is 26.9. The van der Waals surface area contributed by atoms with Crippen LogP contribution in [0.15, 0.2) is 58.1 Å². The van der Waals surface area contributed by atoms with Gasteiger partial charge >= 0.3 is 0 Å². The molecule has 2 unspecified atom stereocenters. The lowest BCUT2D eigenvalue weighted by molar-refractivity contribution is 0.910. The molecule has 2 aliphatic carbocycles. The highest BCUT2D eigenvalue weighted by Crippen LogP contribution is 2.48. The molecular formula is C18H22SSi. The van der Waals surface area contributed by atoms with Crippen LogP contribution in [-0.2, 0) is 0 Å². The van der Waals surface area contributed by atoms with Crippen molar-refractivity contribution in [1.29, 1.82) is 0 Å². The van der Waals surface area contributed by atoms with E-state index in [1.165, 1.54) is 28.9 Å². The third kappa shape index (κ3) is 2.64. The van der Waals surface area contributed by atoms with E-state index in [1.54, 1.807) is 5.57 Å².